The number of piperidine rings is 1. The van der Waals surface area contributed by atoms with Crippen LogP contribution in [0.5, 0.6) is 5.75 Å². The van der Waals surface area contributed by atoms with Gasteiger partial charge in [-0.2, -0.15) is 0 Å². The Balaban J connectivity index is 1.73. The summed E-state index contributed by atoms with van der Waals surface area (Å²) in [7, 11) is 0. The largest absolute Gasteiger partial charge is 0.506 e. The number of carbonyl (C=O) groups is 1. The molecule has 0 aliphatic carbocycles. The van der Waals surface area contributed by atoms with Gasteiger partial charge in [-0.15, -0.1) is 0 Å². The number of benzene rings is 1. The SMILES string of the molecule is O=C(CCOC1CCNCC1)Nc1cc(Br)ccc1O. The van der Waals surface area contributed by atoms with Crippen LogP contribution in [0.3, 0.4) is 0 Å². The predicted molar refractivity (Wildman–Crippen MR) is 80.9 cm³/mol. The lowest BCUT2D eigenvalue weighted by atomic mass is 10.1. The van der Waals surface area contributed by atoms with E-state index in [1.54, 1.807) is 12.1 Å². The van der Waals surface area contributed by atoms with Crippen LogP contribution in [0.4, 0.5) is 5.69 Å². The lowest BCUT2D eigenvalue weighted by Gasteiger charge is -2.22. The summed E-state index contributed by atoms with van der Waals surface area (Å²) < 4.78 is 6.48. The summed E-state index contributed by atoms with van der Waals surface area (Å²) in [5.41, 5.74) is 0.409. The predicted octanol–water partition coefficient (Wildman–Crippen LogP) is 2.25. The number of hydrogen-bond donors (Lipinski definition) is 3. The lowest BCUT2D eigenvalue weighted by Crippen LogP contribution is -2.33. The highest BCUT2D eigenvalue weighted by atomic mass is 79.9. The maximum Gasteiger partial charge on any atom is 0.226 e. The van der Waals surface area contributed by atoms with Crippen molar-refractivity contribution in [3.8, 4) is 5.75 Å². The number of rotatable bonds is 5. The van der Waals surface area contributed by atoms with E-state index in [1.165, 1.54) is 6.07 Å². The number of phenols is 1. The normalized spacial score (nSPS) is 16.1. The van der Waals surface area contributed by atoms with Gasteiger partial charge in [-0.3, -0.25) is 4.79 Å². The number of carbonyl (C=O) groups excluding carboxylic acids is 1. The van der Waals surface area contributed by atoms with Crippen molar-refractivity contribution in [2.24, 2.45) is 0 Å². The van der Waals surface area contributed by atoms with Gasteiger partial charge in [0.1, 0.15) is 5.75 Å². The van der Waals surface area contributed by atoms with Gasteiger partial charge in [0, 0.05) is 4.47 Å². The summed E-state index contributed by atoms with van der Waals surface area (Å²) in [5.74, 6) is -0.104. The molecular formula is C14H19BrN2O3. The zero-order chi connectivity index (χ0) is 14.4. The number of phenolic OH excluding ortho intramolecular Hbond substituents is 1. The molecule has 0 aromatic heterocycles. The molecule has 6 heteroatoms. The van der Waals surface area contributed by atoms with Crippen LogP contribution in [0.25, 0.3) is 0 Å². The van der Waals surface area contributed by atoms with E-state index in [9.17, 15) is 9.90 Å². The second-order valence-electron chi connectivity index (χ2n) is 4.78. The number of amides is 1. The van der Waals surface area contributed by atoms with Gasteiger partial charge in [0.25, 0.3) is 0 Å². The first-order valence-corrected chi connectivity index (χ1v) is 7.55. The number of halogens is 1. The van der Waals surface area contributed by atoms with Gasteiger partial charge in [-0.25, -0.2) is 0 Å². The molecule has 2 rings (SSSR count). The van der Waals surface area contributed by atoms with Gasteiger partial charge in [0.2, 0.25) is 5.91 Å². The molecule has 1 aromatic carbocycles. The lowest BCUT2D eigenvalue weighted by molar-refractivity contribution is -0.117. The second-order valence-corrected chi connectivity index (χ2v) is 5.70. The quantitative estimate of drug-likeness (QED) is 0.718. The Kier molecular flexibility index (Phi) is 5.82. The van der Waals surface area contributed by atoms with Crippen molar-refractivity contribution in [1.82, 2.24) is 5.32 Å². The minimum absolute atomic E-state index is 0.0563. The number of ether oxygens (including phenoxy) is 1. The topological polar surface area (TPSA) is 70.6 Å². The Morgan fingerprint density at radius 2 is 2.20 bits per heavy atom. The Morgan fingerprint density at radius 3 is 2.95 bits per heavy atom. The molecule has 0 atom stereocenters. The summed E-state index contributed by atoms with van der Waals surface area (Å²) >= 11 is 3.30. The fourth-order valence-electron chi connectivity index (χ4n) is 2.10. The summed E-state index contributed by atoms with van der Waals surface area (Å²) in [5, 5.41) is 15.6. The summed E-state index contributed by atoms with van der Waals surface area (Å²) in [6, 6.07) is 4.91. The van der Waals surface area contributed by atoms with Crippen molar-refractivity contribution < 1.29 is 14.6 Å². The molecule has 1 aliphatic heterocycles. The van der Waals surface area contributed by atoms with Crippen LogP contribution in [0, 0.1) is 0 Å². The first-order valence-electron chi connectivity index (χ1n) is 6.76. The van der Waals surface area contributed by atoms with E-state index in [0.29, 0.717) is 12.3 Å². The third-order valence-electron chi connectivity index (χ3n) is 3.20. The van der Waals surface area contributed by atoms with E-state index < -0.39 is 0 Å². The molecule has 5 nitrogen and oxygen atoms in total. The first kappa shape index (κ1) is 15.3. The Labute approximate surface area is 126 Å². The van der Waals surface area contributed by atoms with Gasteiger partial charge < -0.3 is 20.5 Å². The van der Waals surface area contributed by atoms with Crippen molar-refractivity contribution in [3.63, 3.8) is 0 Å². The van der Waals surface area contributed by atoms with Crippen molar-refractivity contribution in [3.05, 3.63) is 22.7 Å². The van der Waals surface area contributed by atoms with Crippen LogP contribution in [0.1, 0.15) is 19.3 Å². The highest BCUT2D eigenvalue weighted by molar-refractivity contribution is 9.10. The molecule has 0 spiro atoms. The van der Waals surface area contributed by atoms with Crippen LogP contribution in [0.15, 0.2) is 22.7 Å². The zero-order valence-corrected chi connectivity index (χ0v) is 12.8. The van der Waals surface area contributed by atoms with E-state index in [1.807, 2.05) is 0 Å². The average Bonchev–Trinajstić information content (AvgIpc) is 2.44. The second kappa shape index (κ2) is 7.61. The summed E-state index contributed by atoms with van der Waals surface area (Å²) in [4.78, 5) is 11.8. The molecular weight excluding hydrogens is 324 g/mol. The molecule has 1 saturated heterocycles. The number of hydrogen-bond acceptors (Lipinski definition) is 4. The standard InChI is InChI=1S/C14H19BrN2O3/c15-10-1-2-13(18)12(9-10)17-14(19)5-8-20-11-3-6-16-7-4-11/h1-2,9,11,16,18H,3-8H2,(H,17,19). The molecule has 0 saturated carbocycles. The molecule has 0 radical (unpaired) electrons. The van der Waals surface area contributed by atoms with Gasteiger partial charge in [0.05, 0.1) is 24.8 Å². The van der Waals surface area contributed by atoms with Crippen LogP contribution < -0.4 is 10.6 Å². The zero-order valence-electron chi connectivity index (χ0n) is 11.2. The number of aromatic hydroxyl groups is 1. The van der Waals surface area contributed by atoms with E-state index in [0.717, 1.165) is 30.4 Å². The van der Waals surface area contributed by atoms with Gasteiger partial charge in [-0.05, 0) is 44.1 Å². The Bertz CT molecular complexity index is 462. The van der Waals surface area contributed by atoms with Gasteiger partial charge >= 0.3 is 0 Å². The average molecular weight is 343 g/mol. The maximum absolute atomic E-state index is 11.8. The van der Waals surface area contributed by atoms with E-state index in [4.69, 9.17) is 4.74 Å². The van der Waals surface area contributed by atoms with Crippen LogP contribution >= 0.6 is 15.9 Å². The highest BCUT2D eigenvalue weighted by Crippen LogP contribution is 2.26. The van der Waals surface area contributed by atoms with Crippen molar-refractivity contribution in [2.75, 3.05) is 25.0 Å². The molecule has 1 aliphatic rings. The first-order chi connectivity index (χ1) is 9.65. The number of anilines is 1. The van der Waals surface area contributed by atoms with Crippen LogP contribution in [0.2, 0.25) is 0 Å². The van der Waals surface area contributed by atoms with E-state index >= 15 is 0 Å². The molecule has 1 heterocycles. The molecule has 1 amide bonds. The molecule has 0 bridgehead atoms. The fourth-order valence-corrected chi connectivity index (χ4v) is 2.46. The van der Waals surface area contributed by atoms with Gasteiger partial charge in [-0.1, -0.05) is 15.9 Å². The van der Waals surface area contributed by atoms with Gasteiger partial charge in [0.15, 0.2) is 0 Å². The van der Waals surface area contributed by atoms with Crippen molar-refractivity contribution in [1.29, 1.82) is 0 Å². The van der Waals surface area contributed by atoms with E-state index in [-0.39, 0.29) is 24.2 Å². The van der Waals surface area contributed by atoms with Crippen LogP contribution in [-0.4, -0.2) is 36.8 Å². The Hall–Kier alpha value is -1.11. The Morgan fingerprint density at radius 1 is 1.45 bits per heavy atom. The number of nitrogens with one attached hydrogen (secondary N) is 2. The summed E-state index contributed by atoms with van der Waals surface area (Å²) in [6.45, 7) is 2.36. The molecule has 1 aromatic rings. The fraction of sp³-hybridized carbons (Fsp3) is 0.500. The molecule has 1 fully saturated rings. The van der Waals surface area contributed by atoms with Crippen molar-refractivity contribution in [2.45, 2.75) is 25.4 Å². The highest BCUT2D eigenvalue weighted by Gasteiger charge is 2.14. The molecule has 3 N–H and O–H groups in total. The van der Waals surface area contributed by atoms with Crippen LogP contribution in [-0.2, 0) is 9.53 Å². The van der Waals surface area contributed by atoms with E-state index in [2.05, 4.69) is 26.6 Å². The summed E-state index contributed by atoms with van der Waals surface area (Å²) in [6.07, 6.45) is 2.53. The molecule has 110 valence electrons. The maximum atomic E-state index is 11.8. The smallest absolute Gasteiger partial charge is 0.226 e. The minimum atomic E-state index is -0.160. The van der Waals surface area contributed by atoms with Crippen molar-refractivity contribution >= 4 is 27.5 Å². The third kappa shape index (κ3) is 4.77. The molecule has 0 unspecified atom stereocenters. The third-order valence-corrected chi connectivity index (χ3v) is 3.69. The monoisotopic (exact) mass is 342 g/mol. The molecule has 20 heavy (non-hydrogen) atoms. The minimum Gasteiger partial charge on any atom is -0.506 e.